The number of nitrogens with one attached hydrogen (secondary N) is 1. The Kier molecular flexibility index (Phi) is 10.8. The van der Waals surface area contributed by atoms with Crippen LogP contribution < -0.4 is 0 Å². The van der Waals surface area contributed by atoms with E-state index < -0.39 is 0 Å². The molecule has 1 aliphatic carbocycles. The molecule has 1 aliphatic heterocycles. The lowest BCUT2D eigenvalue weighted by atomic mass is 9.82. The number of rotatable bonds is 1. The van der Waals surface area contributed by atoms with Gasteiger partial charge in [0.1, 0.15) is 20.9 Å². The summed E-state index contributed by atoms with van der Waals surface area (Å²) in [6.07, 6.45) is 2.05. The molecule has 2 aromatic carbocycles. The second-order valence-electron chi connectivity index (χ2n) is 10.2. The Balaban J connectivity index is 0.000000154. The molecule has 0 radical (unpaired) electrons. The number of hydrogen-bond donors (Lipinski definition) is 1. The molecule has 1 unspecified atom stereocenters. The number of aromatic nitrogens is 4. The van der Waals surface area contributed by atoms with Crippen molar-refractivity contribution in [3.63, 3.8) is 0 Å². The van der Waals surface area contributed by atoms with E-state index in [1.807, 2.05) is 56.3 Å². The highest BCUT2D eigenvalue weighted by atomic mass is 79.9. The number of pyridine rings is 2. The third kappa shape index (κ3) is 7.36. The van der Waals surface area contributed by atoms with E-state index in [-0.39, 0.29) is 6.04 Å². The first-order chi connectivity index (χ1) is 23.1. The molecule has 0 saturated carbocycles. The van der Waals surface area contributed by atoms with Crippen LogP contribution in [0.2, 0.25) is 0 Å². The maximum Gasteiger partial charge on any atom is 0.195 e. The van der Waals surface area contributed by atoms with E-state index in [0.29, 0.717) is 22.7 Å². The van der Waals surface area contributed by atoms with Gasteiger partial charge >= 0.3 is 0 Å². The maximum atomic E-state index is 7.32. The van der Waals surface area contributed by atoms with E-state index >= 15 is 0 Å². The fourth-order valence-electron chi connectivity index (χ4n) is 4.96. The van der Waals surface area contributed by atoms with Gasteiger partial charge in [0.2, 0.25) is 0 Å². The molecule has 0 spiro atoms. The molecule has 4 heterocycles. The number of benzene rings is 2. The number of hydrogen-bond acceptors (Lipinski definition) is 4. The van der Waals surface area contributed by atoms with Gasteiger partial charge < -0.3 is 0 Å². The van der Waals surface area contributed by atoms with Crippen LogP contribution in [0.4, 0.5) is 22.7 Å². The number of H-pyrrole nitrogens is 1. The van der Waals surface area contributed by atoms with Gasteiger partial charge in [-0.05, 0) is 93.2 Å². The van der Waals surface area contributed by atoms with Crippen LogP contribution in [0.1, 0.15) is 29.9 Å². The van der Waals surface area contributed by atoms with E-state index in [1.54, 1.807) is 24.3 Å². The van der Waals surface area contributed by atoms with Crippen LogP contribution >= 0.6 is 63.7 Å². The van der Waals surface area contributed by atoms with Crippen molar-refractivity contribution in [3.8, 4) is 22.5 Å². The summed E-state index contributed by atoms with van der Waals surface area (Å²) in [5.74, 6) is 0. The van der Waals surface area contributed by atoms with Crippen LogP contribution in [0.5, 0.6) is 0 Å². The zero-order chi connectivity index (χ0) is 34.5. The van der Waals surface area contributed by atoms with Gasteiger partial charge in [0.15, 0.2) is 22.7 Å². The van der Waals surface area contributed by atoms with E-state index in [1.165, 1.54) is 0 Å². The third-order valence-corrected chi connectivity index (χ3v) is 9.77. The van der Waals surface area contributed by atoms with Crippen molar-refractivity contribution in [2.45, 2.75) is 19.9 Å². The average Bonchev–Trinajstić information content (AvgIpc) is 3.71. The predicted octanol–water partition coefficient (Wildman–Crippen LogP) is 12.4. The summed E-state index contributed by atoms with van der Waals surface area (Å²) >= 11 is 13.3. The van der Waals surface area contributed by atoms with Crippen molar-refractivity contribution < 1.29 is 0 Å². The Morgan fingerprint density at radius 3 is 1.85 bits per heavy atom. The Hall–Kier alpha value is -4.76. The summed E-state index contributed by atoms with van der Waals surface area (Å²) < 4.78 is 3.18. The number of aryl methyl sites for hydroxylation is 1. The zero-order valence-corrected chi connectivity index (χ0v) is 31.4. The zero-order valence-electron chi connectivity index (χ0n) is 25.0. The molecule has 7 rings (SSSR count). The largest absolute Gasteiger partial charge is 0.282 e. The number of fused-ring (bicyclic) bond motifs is 6. The fourth-order valence-corrected chi connectivity index (χ4v) is 6.27. The van der Waals surface area contributed by atoms with Crippen LogP contribution in [-0.4, -0.2) is 25.9 Å². The first-order valence-corrected chi connectivity index (χ1v) is 17.0. The van der Waals surface area contributed by atoms with Gasteiger partial charge in [-0.1, -0.05) is 62.2 Å². The van der Waals surface area contributed by atoms with E-state index in [0.717, 1.165) is 68.9 Å². The lowest BCUT2D eigenvalue weighted by molar-refractivity contribution is 0.930. The molecule has 9 nitrogen and oxygen atoms in total. The van der Waals surface area contributed by atoms with Crippen LogP contribution in [-0.2, 0) is 0 Å². The smallest absolute Gasteiger partial charge is 0.195 e. The van der Waals surface area contributed by atoms with Gasteiger partial charge in [0.05, 0.1) is 37.7 Å². The Bertz CT molecular complexity index is 2290. The van der Waals surface area contributed by atoms with E-state index in [4.69, 9.17) is 31.3 Å². The van der Waals surface area contributed by atoms with Crippen molar-refractivity contribution in [2.75, 3.05) is 0 Å². The lowest BCUT2D eigenvalue weighted by Gasteiger charge is -2.26. The normalized spacial score (nSPS) is 13.2. The molecule has 5 aromatic rings. The predicted molar refractivity (Wildman–Crippen MR) is 202 cm³/mol. The molecule has 0 saturated heterocycles. The highest BCUT2D eigenvalue weighted by Gasteiger charge is 2.33. The number of aliphatic imine (C=N–C) groups is 1. The van der Waals surface area contributed by atoms with Crippen molar-refractivity contribution >= 4 is 97.8 Å². The van der Waals surface area contributed by atoms with Gasteiger partial charge in [-0.3, -0.25) is 29.5 Å². The minimum absolute atomic E-state index is 0.139. The Morgan fingerprint density at radius 1 is 0.667 bits per heavy atom. The molecule has 232 valence electrons. The quantitative estimate of drug-likeness (QED) is 0.134. The highest BCUT2D eigenvalue weighted by molar-refractivity contribution is 9.13. The molecule has 0 fully saturated rings. The minimum atomic E-state index is -0.139. The molecule has 1 atom stereocenters. The fraction of sp³-hybridized carbons (Fsp3) is 0.0857. The monoisotopic (exact) mass is 881 g/mol. The standard InChI is InChI=1S/C18H9BrN4.C9H8BrN3.C8H2Br2N2/c1-9-6-13-17-10(4-5-16(19)23-17)11-7-14(20-2)15(21-3)8-12(11)18(13)22-9;1-6-5-8(13-12-6)7-3-2-4-9(10)11-7;1-11-7-3-5(9)6(10)4-8(7)12-2/h4-8,18H,1H3;2-5H,1H3,(H,12,13);3-4H. The van der Waals surface area contributed by atoms with Gasteiger partial charge in [-0.2, -0.15) is 5.10 Å². The van der Waals surface area contributed by atoms with Crippen LogP contribution in [0, 0.1) is 33.2 Å². The highest BCUT2D eigenvalue weighted by Crippen LogP contribution is 2.51. The molecule has 1 N–H and O–H groups in total. The minimum Gasteiger partial charge on any atom is -0.282 e. The summed E-state index contributed by atoms with van der Waals surface area (Å²) in [4.78, 5) is 27.1. The lowest BCUT2D eigenvalue weighted by Crippen LogP contribution is -2.08. The summed E-state index contributed by atoms with van der Waals surface area (Å²) in [5.41, 5.74) is 10.1. The summed E-state index contributed by atoms with van der Waals surface area (Å²) in [7, 11) is 0. The molecular weight excluding hydrogens is 866 g/mol. The number of aromatic amines is 1. The molecule has 0 amide bonds. The number of allylic oxidation sites excluding steroid dienone is 1. The maximum absolute atomic E-state index is 7.32. The summed E-state index contributed by atoms with van der Waals surface area (Å²) in [5, 5.41) is 7.00. The molecule has 48 heavy (non-hydrogen) atoms. The van der Waals surface area contributed by atoms with Crippen molar-refractivity contribution in [1.82, 2.24) is 20.2 Å². The van der Waals surface area contributed by atoms with Gasteiger partial charge in [0, 0.05) is 31.5 Å². The molecular formula is C35H19Br4N9. The van der Waals surface area contributed by atoms with Gasteiger partial charge in [-0.15, -0.1) is 0 Å². The SMILES string of the molecule is Cc1cc(-c2cccc(Br)n2)n[nH]1.[C-]#[N+]c1cc(Br)c(Br)cc1[N+]#[C-].[C-]#[N+]c1cc2c(cc1[N+]#[C-])C1N=C(C)C=C1c1nc(Br)ccc1-2. The summed E-state index contributed by atoms with van der Waals surface area (Å²) in [6, 6.07) is 18.3. The van der Waals surface area contributed by atoms with Crippen molar-refractivity contribution in [2.24, 2.45) is 4.99 Å². The molecule has 2 aliphatic rings. The summed E-state index contributed by atoms with van der Waals surface area (Å²) in [6.45, 7) is 32.2. The second kappa shape index (κ2) is 15.0. The molecule has 13 heteroatoms. The van der Waals surface area contributed by atoms with Crippen molar-refractivity contribution in [3.05, 3.63) is 148 Å². The molecule has 0 bridgehead atoms. The topological polar surface area (TPSA) is 84.3 Å². The number of halogens is 4. The first kappa shape index (κ1) is 34.6. The Labute approximate surface area is 310 Å². The van der Waals surface area contributed by atoms with Crippen LogP contribution in [0.15, 0.2) is 89.9 Å². The molecule has 3 aromatic heterocycles. The van der Waals surface area contributed by atoms with Crippen LogP contribution in [0.25, 0.3) is 47.5 Å². The van der Waals surface area contributed by atoms with E-state index in [9.17, 15) is 0 Å². The van der Waals surface area contributed by atoms with E-state index in [2.05, 4.69) is 103 Å². The van der Waals surface area contributed by atoms with Gasteiger partial charge in [-0.25, -0.2) is 9.97 Å². The van der Waals surface area contributed by atoms with Crippen LogP contribution in [0.3, 0.4) is 0 Å². The second-order valence-corrected chi connectivity index (χ2v) is 13.5. The van der Waals surface area contributed by atoms with Gasteiger partial charge in [0.25, 0.3) is 0 Å². The number of nitrogens with zero attached hydrogens (tertiary/aromatic N) is 8. The third-order valence-electron chi connectivity index (χ3n) is 7.04. The average molecular weight is 885 g/mol. The Morgan fingerprint density at radius 2 is 1.27 bits per heavy atom. The first-order valence-electron chi connectivity index (χ1n) is 13.8. The van der Waals surface area contributed by atoms with Crippen molar-refractivity contribution in [1.29, 1.82) is 0 Å².